The van der Waals surface area contributed by atoms with Crippen molar-refractivity contribution >= 4 is 28.9 Å². The largest absolute Gasteiger partial charge is 0.504 e. The number of para-hydroxylation sites is 1. The van der Waals surface area contributed by atoms with Gasteiger partial charge in [-0.05, 0) is 30.3 Å². The molecular weight excluding hydrogens is 516 g/mol. The molecule has 1 aliphatic rings. The Kier molecular flexibility index (Phi) is 8.17. The second-order valence-corrected chi connectivity index (χ2v) is 8.76. The Balaban J connectivity index is 1.63. The lowest BCUT2D eigenvalue weighted by molar-refractivity contribution is -0.285. The van der Waals surface area contributed by atoms with Crippen LogP contribution in [0.25, 0.3) is 22.3 Å². The van der Waals surface area contributed by atoms with Gasteiger partial charge < -0.3 is 38.3 Å². The van der Waals surface area contributed by atoms with E-state index in [0.717, 1.165) is 20.8 Å². The molecule has 0 radical (unpaired) electrons. The molecule has 5 atom stereocenters. The highest BCUT2D eigenvalue weighted by atomic mass is 16.7. The van der Waals surface area contributed by atoms with Crippen molar-refractivity contribution in [3.05, 3.63) is 58.8 Å². The first-order valence-corrected chi connectivity index (χ1v) is 11.9. The number of hydrogen-bond donors (Lipinski definition) is 2. The fourth-order valence-corrected chi connectivity index (χ4v) is 4.12. The maximum absolute atomic E-state index is 12.5. The van der Waals surface area contributed by atoms with Crippen molar-refractivity contribution in [1.82, 2.24) is 0 Å². The summed E-state index contributed by atoms with van der Waals surface area (Å²) in [5.74, 6) is -2.52. The molecule has 4 rings (SSSR count). The molecule has 2 aromatic carbocycles. The smallest absolute Gasteiger partial charge is 0.303 e. The van der Waals surface area contributed by atoms with Gasteiger partial charge in [0, 0.05) is 32.4 Å². The predicted molar refractivity (Wildman–Crippen MR) is 133 cm³/mol. The summed E-state index contributed by atoms with van der Waals surface area (Å²) in [5, 5.41) is 22.0. The number of carbonyl (C=O) groups excluding carboxylic acids is 3. The summed E-state index contributed by atoms with van der Waals surface area (Å²) in [4.78, 5) is 47.2. The van der Waals surface area contributed by atoms with Crippen molar-refractivity contribution in [1.29, 1.82) is 0 Å². The van der Waals surface area contributed by atoms with E-state index in [1.165, 1.54) is 24.3 Å². The average molecular weight is 542 g/mol. The number of aliphatic hydroxyl groups excluding tert-OH is 1. The molecule has 39 heavy (non-hydrogen) atoms. The number of phenolic OH excluding ortho intramolecular Hbond substituents is 1. The summed E-state index contributed by atoms with van der Waals surface area (Å²) in [7, 11) is 0. The second-order valence-electron chi connectivity index (χ2n) is 8.76. The van der Waals surface area contributed by atoms with Gasteiger partial charge in [-0.2, -0.15) is 0 Å². The number of esters is 3. The van der Waals surface area contributed by atoms with E-state index in [0.29, 0.717) is 16.5 Å². The van der Waals surface area contributed by atoms with Gasteiger partial charge in [0.05, 0.1) is 5.39 Å². The number of phenols is 1. The van der Waals surface area contributed by atoms with Crippen LogP contribution in [0.1, 0.15) is 20.8 Å². The highest BCUT2D eigenvalue weighted by Crippen LogP contribution is 2.35. The predicted octanol–water partition coefficient (Wildman–Crippen LogP) is 2.06. The minimum atomic E-state index is -1.63. The summed E-state index contributed by atoms with van der Waals surface area (Å²) in [6.45, 7) is 2.95. The molecule has 0 bridgehead atoms. The van der Waals surface area contributed by atoms with Crippen molar-refractivity contribution in [3.8, 4) is 22.8 Å². The number of ether oxygens (including phenoxy) is 5. The summed E-state index contributed by atoms with van der Waals surface area (Å²) < 4.78 is 32.7. The van der Waals surface area contributed by atoms with Crippen LogP contribution in [0.5, 0.6) is 11.5 Å². The third-order valence-corrected chi connectivity index (χ3v) is 5.79. The Morgan fingerprint density at radius 1 is 0.923 bits per heavy atom. The van der Waals surface area contributed by atoms with E-state index in [4.69, 9.17) is 28.1 Å². The molecule has 0 amide bonds. The number of fused-ring (bicyclic) bond motifs is 1. The third-order valence-electron chi connectivity index (χ3n) is 5.79. The highest BCUT2D eigenvalue weighted by Gasteiger charge is 2.50. The van der Waals surface area contributed by atoms with Crippen LogP contribution in [0, 0.1) is 0 Å². The van der Waals surface area contributed by atoms with Crippen LogP contribution in [0.15, 0.2) is 57.7 Å². The van der Waals surface area contributed by atoms with Gasteiger partial charge >= 0.3 is 17.9 Å². The zero-order chi connectivity index (χ0) is 28.3. The molecule has 0 spiro atoms. The number of rotatable bonds is 7. The van der Waals surface area contributed by atoms with Gasteiger partial charge in [0.2, 0.25) is 6.29 Å². The second kappa shape index (κ2) is 11.5. The molecule has 3 unspecified atom stereocenters. The minimum Gasteiger partial charge on any atom is -0.504 e. The lowest BCUT2D eigenvalue weighted by atomic mass is 9.98. The molecule has 3 aromatic rings. The molecule has 1 aliphatic heterocycles. The summed E-state index contributed by atoms with van der Waals surface area (Å²) in [5.41, 5.74) is 0.475. The van der Waals surface area contributed by atoms with Gasteiger partial charge in [0.1, 0.15) is 30.2 Å². The van der Waals surface area contributed by atoms with E-state index in [1.54, 1.807) is 24.3 Å². The van der Waals surface area contributed by atoms with Crippen LogP contribution in [-0.2, 0) is 33.3 Å². The van der Waals surface area contributed by atoms with Crippen LogP contribution >= 0.6 is 0 Å². The van der Waals surface area contributed by atoms with Crippen LogP contribution in [0.3, 0.4) is 0 Å². The van der Waals surface area contributed by atoms with Gasteiger partial charge in [-0.15, -0.1) is 0 Å². The van der Waals surface area contributed by atoms with E-state index < -0.39 is 55.2 Å². The van der Waals surface area contributed by atoms with Crippen LogP contribution < -0.4 is 10.2 Å². The minimum absolute atomic E-state index is 0.131. The van der Waals surface area contributed by atoms with E-state index in [9.17, 15) is 29.4 Å². The first-order chi connectivity index (χ1) is 18.5. The Labute approximate surface area is 221 Å². The van der Waals surface area contributed by atoms with Crippen LogP contribution in [-0.4, -0.2) is 65.4 Å². The molecule has 1 fully saturated rings. The Hall–Kier alpha value is -4.42. The summed E-state index contributed by atoms with van der Waals surface area (Å²) in [6, 6.07) is 12.2. The quantitative estimate of drug-likeness (QED) is 0.330. The number of aliphatic hydroxyl groups is 1. The topological polar surface area (TPSA) is 168 Å². The zero-order valence-electron chi connectivity index (χ0n) is 21.2. The van der Waals surface area contributed by atoms with Gasteiger partial charge in [-0.3, -0.25) is 19.2 Å². The molecule has 2 N–H and O–H groups in total. The standard InChI is InChI=1S/C27H26O12/c1-13(28)34-12-23-25(35-14(2)29)24(33)26(36-15(3)30)27(39-23)38-21-9-8-16(10-19(21)32)22-11-18(31)17-6-4-5-7-20(17)37-22/h4-11,23-27,32-33H,12H2,1-3H3/t23?,24?,25-,26?,27-/m1/s1. The molecule has 2 heterocycles. The van der Waals surface area contributed by atoms with Crippen molar-refractivity contribution in [2.45, 2.75) is 51.5 Å². The molecule has 12 heteroatoms. The Bertz CT molecular complexity index is 1440. The lowest BCUT2D eigenvalue weighted by Gasteiger charge is -2.42. The van der Waals surface area contributed by atoms with Gasteiger partial charge in [0.25, 0.3) is 0 Å². The normalized spacial score (nSPS) is 22.6. The molecule has 1 aromatic heterocycles. The molecular formula is C27H26O12. The Morgan fingerprint density at radius 2 is 1.62 bits per heavy atom. The van der Waals surface area contributed by atoms with E-state index in [1.807, 2.05) is 0 Å². The maximum atomic E-state index is 12.5. The Morgan fingerprint density at radius 3 is 2.28 bits per heavy atom. The fourth-order valence-electron chi connectivity index (χ4n) is 4.12. The van der Waals surface area contributed by atoms with Gasteiger partial charge in [-0.25, -0.2) is 0 Å². The van der Waals surface area contributed by atoms with Crippen molar-refractivity contribution in [2.24, 2.45) is 0 Å². The fraction of sp³-hybridized carbons (Fsp3) is 0.333. The summed E-state index contributed by atoms with van der Waals surface area (Å²) in [6.07, 6.45) is -7.19. The van der Waals surface area contributed by atoms with Gasteiger partial charge in [0.15, 0.2) is 29.1 Å². The first-order valence-electron chi connectivity index (χ1n) is 11.9. The summed E-state index contributed by atoms with van der Waals surface area (Å²) >= 11 is 0. The third kappa shape index (κ3) is 6.36. The van der Waals surface area contributed by atoms with Crippen LogP contribution in [0.2, 0.25) is 0 Å². The highest BCUT2D eigenvalue weighted by molar-refractivity contribution is 5.78. The number of benzene rings is 2. The zero-order valence-corrected chi connectivity index (χ0v) is 21.2. The molecule has 1 saturated heterocycles. The maximum Gasteiger partial charge on any atom is 0.303 e. The lowest BCUT2D eigenvalue weighted by Crippen LogP contribution is -2.62. The number of carbonyl (C=O) groups is 3. The monoisotopic (exact) mass is 542 g/mol. The first kappa shape index (κ1) is 27.6. The van der Waals surface area contributed by atoms with Crippen molar-refractivity contribution in [2.75, 3.05) is 6.61 Å². The number of hydrogen-bond acceptors (Lipinski definition) is 12. The van der Waals surface area contributed by atoms with E-state index in [-0.39, 0.29) is 22.7 Å². The van der Waals surface area contributed by atoms with E-state index in [2.05, 4.69) is 0 Å². The average Bonchev–Trinajstić information content (AvgIpc) is 2.87. The molecule has 206 valence electrons. The molecule has 0 saturated carbocycles. The SMILES string of the molecule is CC(=O)OCC1O[C@@H](Oc2ccc(-c3cc(=O)c4ccccc4o3)cc2O)C(OC(C)=O)C(O)[C@@H]1OC(C)=O. The van der Waals surface area contributed by atoms with Crippen molar-refractivity contribution in [3.63, 3.8) is 0 Å². The van der Waals surface area contributed by atoms with Crippen LogP contribution in [0.4, 0.5) is 0 Å². The van der Waals surface area contributed by atoms with Crippen molar-refractivity contribution < 1.29 is 52.7 Å². The van der Waals surface area contributed by atoms with Gasteiger partial charge in [-0.1, -0.05) is 12.1 Å². The molecule has 12 nitrogen and oxygen atoms in total. The van der Waals surface area contributed by atoms with E-state index >= 15 is 0 Å². The number of aromatic hydroxyl groups is 1. The molecule has 0 aliphatic carbocycles.